The molecular weight excluding hydrogens is 253 g/mol. The Hall–Kier alpha value is -0.687. The van der Waals surface area contributed by atoms with Gasteiger partial charge in [0.25, 0.3) is 0 Å². The van der Waals surface area contributed by atoms with Crippen molar-refractivity contribution >= 4 is 4.50 Å². The van der Waals surface area contributed by atoms with E-state index in [1.165, 1.54) is 11.1 Å². The van der Waals surface area contributed by atoms with Crippen LogP contribution in [-0.4, -0.2) is 15.9 Å². The SMILES string of the molecule is O=[C]([Rh])N1CCc2ccccc2C1. The maximum atomic E-state index is 11.1. The van der Waals surface area contributed by atoms with E-state index in [-0.39, 0.29) is 4.50 Å². The minimum absolute atomic E-state index is 0.0655. The molecule has 0 bridgehead atoms. The summed E-state index contributed by atoms with van der Waals surface area (Å²) in [4.78, 5) is 12.9. The van der Waals surface area contributed by atoms with Crippen LogP contribution in [0.3, 0.4) is 0 Å². The molecule has 0 N–H and O–H groups in total. The fourth-order valence-electron chi connectivity index (χ4n) is 1.64. The van der Waals surface area contributed by atoms with Gasteiger partial charge in [-0.25, -0.2) is 0 Å². The topological polar surface area (TPSA) is 20.3 Å². The quantitative estimate of drug-likeness (QED) is 0.652. The van der Waals surface area contributed by atoms with Gasteiger partial charge in [0.05, 0.1) is 0 Å². The second-order valence-corrected chi connectivity index (χ2v) is 3.88. The first-order valence-corrected chi connectivity index (χ1v) is 5.08. The van der Waals surface area contributed by atoms with Gasteiger partial charge in [-0.05, 0) is 0 Å². The second kappa shape index (κ2) is 3.59. The van der Waals surface area contributed by atoms with E-state index in [1.807, 2.05) is 11.0 Å². The number of carbonyl (C=O) groups is 1. The number of hydrogen-bond donors (Lipinski definition) is 0. The minimum atomic E-state index is 0.0655. The van der Waals surface area contributed by atoms with Crippen LogP contribution in [0, 0.1) is 0 Å². The van der Waals surface area contributed by atoms with Crippen molar-refractivity contribution in [2.45, 2.75) is 13.0 Å². The van der Waals surface area contributed by atoms with Crippen molar-refractivity contribution in [2.24, 2.45) is 0 Å². The fraction of sp³-hybridized carbons (Fsp3) is 0.300. The molecule has 0 aliphatic carbocycles. The van der Waals surface area contributed by atoms with Crippen molar-refractivity contribution in [1.29, 1.82) is 0 Å². The van der Waals surface area contributed by atoms with Gasteiger partial charge in [0, 0.05) is 0 Å². The summed E-state index contributed by atoms with van der Waals surface area (Å²) in [6.07, 6.45) is 0.978. The molecule has 0 radical (unpaired) electrons. The summed E-state index contributed by atoms with van der Waals surface area (Å²) in [7, 11) is 0. The molecule has 0 saturated carbocycles. The van der Waals surface area contributed by atoms with Crippen LogP contribution in [0.25, 0.3) is 0 Å². The molecule has 0 atom stereocenters. The molecule has 1 aromatic carbocycles. The average Bonchev–Trinajstić information content (AvgIpc) is 2.17. The third-order valence-electron chi connectivity index (χ3n) is 2.37. The molecule has 70 valence electrons. The van der Waals surface area contributed by atoms with Gasteiger partial charge >= 0.3 is 87.4 Å². The van der Waals surface area contributed by atoms with Crippen LogP contribution in [0.1, 0.15) is 11.1 Å². The van der Waals surface area contributed by atoms with Crippen LogP contribution in [0.4, 0.5) is 4.79 Å². The number of benzene rings is 1. The van der Waals surface area contributed by atoms with Crippen LogP contribution in [0.15, 0.2) is 24.3 Å². The number of rotatable bonds is 0. The summed E-state index contributed by atoms with van der Waals surface area (Å²) in [5.41, 5.74) is 2.65. The normalized spacial score (nSPS) is 15.4. The van der Waals surface area contributed by atoms with Crippen molar-refractivity contribution < 1.29 is 23.1 Å². The van der Waals surface area contributed by atoms with E-state index in [9.17, 15) is 4.79 Å². The summed E-state index contributed by atoms with van der Waals surface area (Å²) >= 11 is 2.42. The Morgan fingerprint density at radius 3 is 2.69 bits per heavy atom. The molecule has 1 aromatic rings. The number of carbonyl (C=O) groups excluding carboxylic acids is 1. The van der Waals surface area contributed by atoms with Gasteiger partial charge in [-0.1, -0.05) is 0 Å². The van der Waals surface area contributed by atoms with Crippen molar-refractivity contribution in [3.63, 3.8) is 0 Å². The summed E-state index contributed by atoms with van der Waals surface area (Å²) in [5.74, 6) is 0. The van der Waals surface area contributed by atoms with Gasteiger partial charge in [0.1, 0.15) is 0 Å². The predicted octanol–water partition coefficient (Wildman–Crippen LogP) is 1.71. The molecule has 0 fully saturated rings. The Bertz CT molecular complexity index is 337. The van der Waals surface area contributed by atoms with Gasteiger partial charge in [0.15, 0.2) is 0 Å². The molecule has 0 saturated heterocycles. The van der Waals surface area contributed by atoms with E-state index in [4.69, 9.17) is 0 Å². The number of nitrogens with zero attached hydrogens (tertiary/aromatic N) is 1. The predicted molar refractivity (Wildman–Crippen MR) is 46.0 cm³/mol. The Morgan fingerprint density at radius 1 is 1.31 bits per heavy atom. The molecule has 1 aliphatic rings. The molecule has 1 heterocycles. The first-order chi connectivity index (χ1) is 6.27. The first kappa shape index (κ1) is 8.89. The molecule has 1 aliphatic heterocycles. The van der Waals surface area contributed by atoms with E-state index in [1.54, 1.807) is 0 Å². The summed E-state index contributed by atoms with van der Waals surface area (Å²) in [5, 5.41) is 0. The van der Waals surface area contributed by atoms with Crippen LogP contribution in [-0.2, 0) is 31.3 Å². The number of hydrogen-bond acceptors (Lipinski definition) is 1. The third kappa shape index (κ3) is 1.81. The van der Waals surface area contributed by atoms with Crippen LogP contribution in [0.2, 0.25) is 0 Å². The van der Waals surface area contributed by atoms with Gasteiger partial charge in [-0.3, -0.25) is 0 Å². The first-order valence-electron chi connectivity index (χ1n) is 4.26. The molecule has 2 nitrogen and oxygen atoms in total. The Balaban J connectivity index is 2.24. The average molecular weight is 263 g/mol. The molecule has 0 spiro atoms. The zero-order valence-corrected chi connectivity index (χ0v) is 8.76. The van der Waals surface area contributed by atoms with Crippen molar-refractivity contribution in [3.8, 4) is 0 Å². The zero-order chi connectivity index (χ0) is 9.26. The number of fused-ring (bicyclic) bond motifs is 1. The molecule has 13 heavy (non-hydrogen) atoms. The van der Waals surface area contributed by atoms with E-state index in [0.29, 0.717) is 0 Å². The summed E-state index contributed by atoms with van der Waals surface area (Å²) < 4.78 is 0.0655. The van der Waals surface area contributed by atoms with Gasteiger partial charge in [-0.2, -0.15) is 0 Å². The number of amides is 1. The molecule has 0 aromatic heterocycles. The van der Waals surface area contributed by atoms with Crippen LogP contribution < -0.4 is 0 Å². The van der Waals surface area contributed by atoms with E-state index >= 15 is 0 Å². The standard InChI is InChI=1S/C10H10NO.Rh/c12-8-11-6-5-9-3-1-2-4-10(9)7-11;/h1-4H,5-7H2;. The zero-order valence-electron chi connectivity index (χ0n) is 7.12. The Labute approximate surface area is 87.6 Å². The van der Waals surface area contributed by atoms with Crippen LogP contribution in [0.5, 0.6) is 0 Å². The Morgan fingerprint density at radius 2 is 2.00 bits per heavy atom. The van der Waals surface area contributed by atoms with E-state index in [0.717, 1.165) is 19.5 Å². The van der Waals surface area contributed by atoms with E-state index in [2.05, 4.69) is 36.5 Å². The van der Waals surface area contributed by atoms with Gasteiger partial charge in [-0.15, -0.1) is 0 Å². The van der Waals surface area contributed by atoms with Gasteiger partial charge < -0.3 is 0 Å². The molecule has 0 unspecified atom stereocenters. The monoisotopic (exact) mass is 263 g/mol. The Kier molecular flexibility index (Phi) is 2.45. The van der Waals surface area contributed by atoms with Crippen LogP contribution >= 0.6 is 0 Å². The molecular formula is C10H10NORh. The van der Waals surface area contributed by atoms with Crippen molar-refractivity contribution in [1.82, 2.24) is 4.90 Å². The summed E-state index contributed by atoms with van der Waals surface area (Å²) in [6.45, 7) is 1.60. The van der Waals surface area contributed by atoms with Crippen molar-refractivity contribution in [3.05, 3.63) is 35.4 Å². The third-order valence-corrected chi connectivity index (χ3v) is 2.88. The molecule has 1 amide bonds. The maximum absolute atomic E-state index is 11.1. The van der Waals surface area contributed by atoms with Gasteiger partial charge in [0.2, 0.25) is 0 Å². The van der Waals surface area contributed by atoms with Crippen molar-refractivity contribution in [2.75, 3.05) is 6.54 Å². The summed E-state index contributed by atoms with van der Waals surface area (Å²) in [6, 6.07) is 8.30. The van der Waals surface area contributed by atoms with E-state index < -0.39 is 0 Å². The molecule has 2 rings (SSSR count). The fourth-order valence-corrected chi connectivity index (χ4v) is 1.95. The second-order valence-electron chi connectivity index (χ2n) is 3.17. The molecule has 3 heteroatoms.